The highest BCUT2D eigenvalue weighted by Gasteiger charge is 2.29. The van der Waals surface area contributed by atoms with Gasteiger partial charge in [0.1, 0.15) is 10.7 Å². The molecule has 0 saturated heterocycles. The molecule has 0 bridgehead atoms. The van der Waals surface area contributed by atoms with Crippen molar-refractivity contribution in [3.05, 3.63) is 51.9 Å². The molecule has 2 heterocycles. The zero-order valence-electron chi connectivity index (χ0n) is 15.4. The average Bonchev–Trinajstić information content (AvgIpc) is 3.38. The highest BCUT2D eigenvalue weighted by Crippen LogP contribution is 2.31. The van der Waals surface area contributed by atoms with Crippen LogP contribution in [0.3, 0.4) is 0 Å². The third kappa shape index (κ3) is 3.74. The van der Waals surface area contributed by atoms with Crippen molar-refractivity contribution in [1.82, 2.24) is 14.9 Å². The quantitative estimate of drug-likeness (QED) is 0.660. The Hall–Kier alpha value is -1.98. The number of fused-ring (bicyclic) bond motifs is 1. The Morgan fingerprint density at radius 3 is 2.73 bits per heavy atom. The first kappa shape index (κ1) is 17.4. The Morgan fingerprint density at radius 1 is 1.27 bits per heavy atom. The monoisotopic (exact) mass is 367 g/mol. The van der Waals surface area contributed by atoms with Crippen molar-refractivity contribution < 1.29 is 0 Å². The predicted molar refractivity (Wildman–Crippen MR) is 109 cm³/mol. The van der Waals surface area contributed by atoms with E-state index in [1.165, 1.54) is 19.3 Å². The number of rotatable bonds is 7. The molecule has 0 amide bonds. The molecule has 0 radical (unpaired) electrons. The first-order valence-electron chi connectivity index (χ1n) is 9.41. The molecule has 136 valence electrons. The number of aromatic amines is 1. The van der Waals surface area contributed by atoms with Gasteiger partial charge in [-0.15, -0.1) is 11.3 Å². The molecule has 3 aromatic rings. The molecule has 4 rings (SSSR count). The van der Waals surface area contributed by atoms with Crippen molar-refractivity contribution in [1.29, 1.82) is 0 Å². The highest BCUT2D eigenvalue weighted by atomic mass is 32.1. The van der Waals surface area contributed by atoms with Crippen LogP contribution in [0, 0.1) is 5.92 Å². The van der Waals surface area contributed by atoms with E-state index in [9.17, 15) is 4.79 Å². The van der Waals surface area contributed by atoms with Crippen LogP contribution in [0.1, 0.15) is 38.9 Å². The largest absolute Gasteiger partial charge is 0.309 e. The standard InChI is InChI=1S/C21H25N3OS/c1-14(2)10-11-24(16-8-9-16)12-18-22-20(25)19-17(13-26-21(19)23-18)15-6-4-3-5-7-15/h3-7,13-14,16H,8-12H2,1-2H3,(H,22,23,25). The molecule has 2 aromatic heterocycles. The van der Waals surface area contributed by atoms with Crippen LogP contribution < -0.4 is 5.56 Å². The highest BCUT2D eigenvalue weighted by molar-refractivity contribution is 7.17. The topological polar surface area (TPSA) is 49.0 Å². The maximum absolute atomic E-state index is 12.8. The maximum atomic E-state index is 12.8. The smallest absolute Gasteiger partial charge is 0.260 e. The van der Waals surface area contributed by atoms with Gasteiger partial charge in [0.25, 0.3) is 5.56 Å². The SMILES string of the molecule is CC(C)CCN(Cc1nc2scc(-c3ccccc3)c2c(=O)[nH]1)C1CC1. The molecule has 0 aliphatic heterocycles. The molecular formula is C21H25N3OS. The van der Waals surface area contributed by atoms with Gasteiger partial charge in [0.05, 0.1) is 11.9 Å². The third-order valence-corrected chi connectivity index (χ3v) is 5.86. The van der Waals surface area contributed by atoms with E-state index < -0.39 is 0 Å². The second-order valence-corrected chi connectivity index (χ2v) is 8.45. The van der Waals surface area contributed by atoms with Gasteiger partial charge in [0.2, 0.25) is 0 Å². The van der Waals surface area contributed by atoms with E-state index in [0.717, 1.165) is 34.9 Å². The van der Waals surface area contributed by atoms with Crippen molar-refractivity contribution in [2.45, 2.75) is 45.7 Å². The lowest BCUT2D eigenvalue weighted by atomic mass is 10.1. The molecule has 4 nitrogen and oxygen atoms in total. The number of nitrogens with zero attached hydrogens (tertiary/aromatic N) is 2. The second kappa shape index (κ2) is 7.33. The number of hydrogen-bond donors (Lipinski definition) is 1. The van der Waals surface area contributed by atoms with Gasteiger partial charge < -0.3 is 4.98 Å². The summed E-state index contributed by atoms with van der Waals surface area (Å²) in [6, 6.07) is 10.7. The zero-order valence-corrected chi connectivity index (χ0v) is 16.2. The maximum Gasteiger partial charge on any atom is 0.260 e. The van der Waals surface area contributed by atoms with E-state index in [0.29, 0.717) is 17.3 Å². The first-order chi connectivity index (χ1) is 12.6. The Labute approximate surface area is 157 Å². The average molecular weight is 368 g/mol. The minimum absolute atomic E-state index is 0.0234. The third-order valence-electron chi connectivity index (χ3n) is 4.99. The van der Waals surface area contributed by atoms with Crippen LogP contribution in [-0.4, -0.2) is 27.5 Å². The number of hydrogen-bond acceptors (Lipinski definition) is 4. The molecule has 1 aliphatic rings. The van der Waals surface area contributed by atoms with Crippen LogP contribution in [-0.2, 0) is 6.54 Å². The fraction of sp³-hybridized carbons (Fsp3) is 0.429. The van der Waals surface area contributed by atoms with E-state index in [2.05, 4.69) is 23.7 Å². The second-order valence-electron chi connectivity index (χ2n) is 7.59. The normalized spacial score (nSPS) is 14.6. The van der Waals surface area contributed by atoms with Crippen LogP contribution in [0.25, 0.3) is 21.3 Å². The molecule has 26 heavy (non-hydrogen) atoms. The Morgan fingerprint density at radius 2 is 2.04 bits per heavy atom. The van der Waals surface area contributed by atoms with Crippen molar-refractivity contribution in [3.63, 3.8) is 0 Å². The van der Waals surface area contributed by atoms with Gasteiger partial charge >= 0.3 is 0 Å². The molecular weight excluding hydrogens is 342 g/mol. The van der Waals surface area contributed by atoms with Gasteiger partial charge in [-0.05, 0) is 37.3 Å². The van der Waals surface area contributed by atoms with Crippen LogP contribution in [0.2, 0.25) is 0 Å². The van der Waals surface area contributed by atoms with E-state index in [4.69, 9.17) is 4.98 Å². The Balaban J connectivity index is 1.62. The fourth-order valence-electron chi connectivity index (χ4n) is 3.35. The predicted octanol–water partition coefficient (Wildman–Crippen LogP) is 4.66. The lowest BCUT2D eigenvalue weighted by Crippen LogP contribution is -2.29. The van der Waals surface area contributed by atoms with E-state index in [1.807, 2.05) is 35.7 Å². The van der Waals surface area contributed by atoms with Gasteiger partial charge in [0.15, 0.2) is 0 Å². The summed E-state index contributed by atoms with van der Waals surface area (Å²) in [5.74, 6) is 1.48. The fourth-order valence-corrected chi connectivity index (χ4v) is 4.31. The number of aromatic nitrogens is 2. The van der Waals surface area contributed by atoms with Crippen molar-refractivity contribution in [2.24, 2.45) is 5.92 Å². The van der Waals surface area contributed by atoms with E-state index >= 15 is 0 Å². The molecule has 0 atom stereocenters. The lowest BCUT2D eigenvalue weighted by Gasteiger charge is -2.22. The van der Waals surface area contributed by atoms with Crippen LogP contribution >= 0.6 is 11.3 Å². The van der Waals surface area contributed by atoms with E-state index in [1.54, 1.807) is 11.3 Å². The summed E-state index contributed by atoms with van der Waals surface area (Å²) in [4.78, 5) is 23.9. The molecule has 0 unspecified atom stereocenters. The van der Waals surface area contributed by atoms with E-state index in [-0.39, 0.29) is 5.56 Å². The number of H-pyrrole nitrogens is 1. The first-order valence-corrected chi connectivity index (χ1v) is 10.3. The van der Waals surface area contributed by atoms with Crippen LogP contribution in [0.15, 0.2) is 40.5 Å². The van der Waals surface area contributed by atoms with Crippen molar-refractivity contribution in [3.8, 4) is 11.1 Å². The van der Waals surface area contributed by atoms with Crippen molar-refractivity contribution in [2.75, 3.05) is 6.54 Å². The number of benzene rings is 1. The summed E-state index contributed by atoms with van der Waals surface area (Å²) in [6.45, 7) is 6.33. The van der Waals surface area contributed by atoms with Crippen LogP contribution in [0.4, 0.5) is 0 Å². The minimum Gasteiger partial charge on any atom is -0.309 e. The molecule has 1 N–H and O–H groups in total. The van der Waals surface area contributed by atoms with Gasteiger partial charge in [-0.25, -0.2) is 4.98 Å². The summed E-state index contributed by atoms with van der Waals surface area (Å²) < 4.78 is 0. The number of thiophene rings is 1. The Kier molecular flexibility index (Phi) is 4.92. The summed E-state index contributed by atoms with van der Waals surface area (Å²) in [5.41, 5.74) is 2.02. The molecule has 1 fully saturated rings. The minimum atomic E-state index is -0.0234. The lowest BCUT2D eigenvalue weighted by molar-refractivity contribution is 0.234. The van der Waals surface area contributed by atoms with Gasteiger partial charge in [-0.3, -0.25) is 9.69 Å². The van der Waals surface area contributed by atoms with Crippen molar-refractivity contribution >= 4 is 21.6 Å². The zero-order chi connectivity index (χ0) is 18.1. The van der Waals surface area contributed by atoms with Gasteiger partial charge in [0, 0.05) is 17.0 Å². The molecule has 1 saturated carbocycles. The summed E-state index contributed by atoms with van der Waals surface area (Å²) >= 11 is 1.56. The van der Waals surface area contributed by atoms with Gasteiger partial charge in [-0.2, -0.15) is 0 Å². The molecule has 1 aromatic carbocycles. The molecule has 5 heteroatoms. The number of nitrogens with one attached hydrogen (secondary N) is 1. The molecule has 1 aliphatic carbocycles. The summed E-state index contributed by atoms with van der Waals surface area (Å²) in [5, 5.41) is 2.76. The van der Waals surface area contributed by atoms with Crippen LogP contribution in [0.5, 0.6) is 0 Å². The molecule has 0 spiro atoms. The summed E-state index contributed by atoms with van der Waals surface area (Å²) in [6.07, 6.45) is 3.71. The summed E-state index contributed by atoms with van der Waals surface area (Å²) in [7, 11) is 0. The van der Waals surface area contributed by atoms with Gasteiger partial charge in [-0.1, -0.05) is 44.2 Å². The Bertz CT molecular complexity index is 941.